The second kappa shape index (κ2) is 6.43. The number of rotatable bonds is 4. The summed E-state index contributed by atoms with van der Waals surface area (Å²) in [5.74, 6) is 0.376. The zero-order chi connectivity index (χ0) is 14.7. The van der Waals surface area contributed by atoms with E-state index in [0.29, 0.717) is 16.7 Å². The summed E-state index contributed by atoms with van der Waals surface area (Å²) < 4.78 is 0. The fourth-order valence-electron chi connectivity index (χ4n) is 2.57. The van der Waals surface area contributed by atoms with E-state index in [1.54, 1.807) is 0 Å². The third-order valence-electron chi connectivity index (χ3n) is 4.08. The van der Waals surface area contributed by atoms with Crippen LogP contribution in [0.15, 0.2) is 0 Å². The first-order valence-electron chi connectivity index (χ1n) is 7.29. The van der Waals surface area contributed by atoms with E-state index in [1.165, 1.54) is 30.6 Å². The minimum atomic E-state index is 0.0163. The van der Waals surface area contributed by atoms with Crippen molar-refractivity contribution in [2.45, 2.75) is 45.1 Å². The summed E-state index contributed by atoms with van der Waals surface area (Å²) in [7, 11) is 3.85. The lowest BCUT2D eigenvalue weighted by molar-refractivity contribution is 0.0702. The van der Waals surface area contributed by atoms with Crippen molar-refractivity contribution in [1.82, 2.24) is 9.88 Å². The zero-order valence-corrected chi connectivity index (χ0v) is 13.4. The Bertz CT molecular complexity index is 468. The molecule has 0 saturated heterocycles. The predicted molar refractivity (Wildman–Crippen MR) is 84.4 cm³/mol. The number of carbonyl (C=O) groups excluding carboxylic acids is 1. The van der Waals surface area contributed by atoms with Crippen LogP contribution >= 0.6 is 11.3 Å². The Morgan fingerprint density at radius 1 is 1.35 bits per heavy atom. The van der Waals surface area contributed by atoms with Crippen LogP contribution in [0.3, 0.4) is 0 Å². The molecule has 0 atom stereocenters. The number of aromatic nitrogens is 1. The Morgan fingerprint density at radius 2 is 2.00 bits per heavy atom. The Hall–Kier alpha value is -1.30. The molecule has 1 aliphatic rings. The molecular weight excluding hydrogens is 272 g/mol. The lowest BCUT2D eigenvalue weighted by atomic mass is 9.94. The summed E-state index contributed by atoms with van der Waals surface area (Å²) in [6.07, 6.45) is 5.91. The summed E-state index contributed by atoms with van der Waals surface area (Å²) in [5.41, 5.74) is 5.93. The summed E-state index contributed by atoms with van der Waals surface area (Å²) in [6.45, 7) is 2.90. The van der Waals surface area contributed by atoms with E-state index in [9.17, 15) is 4.79 Å². The molecule has 0 radical (unpaired) electrons. The maximum absolute atomic E-state index is 12.6. The van der Waals surface area contributed by atoms with Crippen molar-refractivity contribution in [2.75, 3.05) is 31.3 Å². The highest BCUT2D eigenvalue weighted by atomic mass is 32.1. The molecule has 2 rings (SSSR count). The van der Waals surface area contributed by atoms with Crippen LogP contribution in [0.1, 0.15) is 48.7 Å². The molecule has 112 valence electrons. The van der Waals surface area contributed by atoms with Gasteiger partial charge in [-0.3, -0.25) is 4.79 Å². The first kappa shape index (κ1) is 15.1. The minimum Gasteiger partial charge on any atom is -0.382 e. The highest BCUT2D eigenvalue weighted by Gasteiger charge is 2.26. The SMILES string of the molecule is CCN(C)c1nc(N)c(C(=O)N(C)C2CCCCC2)s1. The van der Waals surface area contributed by atoms with Gasteiger partial charge in [-0.2, -0.15) is 0 Å². The average Bonchev–Trinajstić information content (AvgIpc) is 2.87. The van der Waals surface area contributed by atoms with Gasteiger partial charge in [-0.05, 0) is 19.8 Å². The zero-order valence-electron chi connectivity index (χ0n) is 12.6. The predicted octanol–water partition coefficient (Wildman–Crippen LogP) is 2.59. The second-order valence-electron chi connectivity index (χ2n) is 5.43. The van der Waals surface area contributed by atoms with E-state index in [-0.39, 0.29) is 5.91 Å². The second-order valence-corrected chi connectivity index (χ2v) is 6.41. The molecule has 0 spiro atoms. The highest BCUT2D eigenvalue weighted by molar-refractivity contribution is 7.18. The van der Waals surface area contributed by atoms with E-state index >= 15 is 0 Å². The Balaban J connectivity index is 2.13. The molecule has 20 heavy (non-hydrogen) atoms. The van der Waals surface area contributed by atoms with Gasteiger partial charge in [0.1, 0.15) is 10.7 Å². The molecule has 5 nitrogen and oxygen atoms in total. The maximum atomic E-state index is 12.6. The number of amides is 1. The molecule has 1 heterocycles. The van der Waals surface area contributed by atoms with Crippen molar-refractivity contribution in [3.63, 3.8) is 0 Å². The van der Waals surface area contributed by atoms with E-state index in [4.69, 9.17) is 5.73 Å². The first-order chi connectivity index (χ1) is 9.54. The smallest absolute Gasteiger partial charge is 0.267 e. The van der Waals surface area contributed by atoms with Gasteiger partial charge in [0.05, 0.1) is 0 Å². The van der Waals surface area contributed by atoms with Gasteiger partial charge >= 0.3 is 0 Å². The van der Waals surface area contributed by atoms with Gasteiger partial charge in [-0.1, -0.05) is 30.6 Å². The normalized spacial score (nSPS) is 16.1. The van der Waals surface area contributed by atoms with Gasteiger partial charge in [0, 0.05) is 26.7 Å². The van der Waals surface area contributed by atoms with E-state index in [1.807, 2.05) is 30.8 Å². The number of nitrogen functional groups attached to an aromatic ring is 1. The van der Waals surface area contributed by atoms with Gasteiger partial charge in [0.15, 0.2) is 5.13 Å². The molecule has 2 N–H and O–H groups in total. The van der Waals surface area contributed by atoms with Crippen LogP contribution in [0.4, 0.5) is 10.9 Å². The molecule has 0 bridgehead atoms. The standard InChI is InChI=1S/C14H24N4OS/c1-4-17(2)14-16-12(15)11(20-14)13(19)18(3)10-8-6-5-7-9-10/h10H,4-9,15H2,1-3H3. The lowest BCUT2D eigenvalue weighted by Crippen LogP contribution is -2.38. The summed E-state index contributed by atoms with van der Waals surface area (Å²) >= 11 is 1.39. The average molecular weight is 296 g/mol. The molecule has 6 heteroatoms. The number of hydrogen-bond donors (Lipinski definition) is 1. The first-order valence-corrected chi connectivity index (χ1v) is 8.10. The van der Waals surface area contributed by atoms with Crippen LogP contribution in [0.2, 0.25) is 0 Å². The Morgan fingerprint density at radius 3 is 2.60 bits per heavy atom. The topological polar surface area (TPSA) is 62.5 Å². The van der Waals surface area contributed by atoms with Crippen molar-refractivity contribution in [2.24, 2.45) is 0 Å². The lowest BCUT2D eigenvalue weighted by Gasteiger charge is -2.30. The van der Waals surface area contributed by atoms with Crippen molar-refractivity contribution >= 4 is 28.2 Å². The van der Waals surface area contributed by atoms with Crippen molar-refractivity contribution in [3.05, 3.63) is 4.88 Å². The van der Waals surface area contributed by atoms with Gasteiger partial charge in [-0.25, -0.2) is 4.98 Å². The Kier molecular flexibility index (Phi) is 4.86. The van der Waals surface area contributed by atoms with E-state index < -0.39 is 0 Å². The molecule has 0 aliphatic heterocycles. The minimum absolute atomic E-state index is 0.0163. The third kappa shape index (κ3) is 3.06. The van der Waals surface area contributed by atoms with Gasteiger partial charge in [0.25, 0.3) is 5.91 Å². The fraction of sp³-hybridized carbons (Fsp3) is 0.714. The maximum Gasteiger partial charge on any atom is 0.267 e. The number of carbonyl (C=O) groups is 1. The van der Waals surface area contributed by atoms with Crippen LogP contribution in [0, 0.1) is 0 Å². The van der Waals surface area contributed by atoms with Crippen molar-refractivity contribution in [1.29, 1.82) is 0 Å². The molecule has 1 fully saturated rings. The molecule has 0 aromatic carbocycles. The molecular formula is C14H24N4OS. The van der Waals surface area contributed by atoms with Crippen LogP contribution in [-0.2, 0) is 0 Å². The Labute approximate surface area is 124 Å². The number of hydrogen-bond acceptors (Lipinski definition) is 5. The van der Waals surface area contributed by atoms with Crippen molar-refractivity contribution in [3.8, 4) is 0 Å². The summed E-state index contributed by atoms with van der Waals surface area (Å²) in [6, 6.07) is 0.352. The third-order valence-corrected chi connectivity index (χ3v) is 5.25. The molecule has 1 aromatic rings. The highest BCUT2D eigenvalue weighted by Crippen LogP contribution is 2.30. The number of nitrogens with two attached hydrogens (primary N) is 1. The van der Waals surface area contributed by atoms with Gasteiger partial charge in [0.2, 0.25) is 0 Å². The summed E-state index contributed by atoms with van der Waals surface area (Å²) in [4.78, 5) is 21.3. The molecule has 1 amide bonds. The van der Waals surface area contributed by atoms with E-state index in [0.717, 1.165) is 24.5 Å². The summed E-state index contributed by atoms with van der Waals surface area (Å²) in [5, 5.41) is 0.811. The van der Waals surface area contributed by atoms with E-state index in [2.05, 4.69) is 4.98 Å². The quantitative estimate of drug-likeness (QED) is 0.927. The fourth-order valence-corrected chi connectivity index (χ4v) is 3.56. The van der Waals surface area contributed by atoms with Crippen molar-refractivity contribution < 1.29 is 4.79 Å². The number of thiazole rings is 1. The van der Waals surface area contributed by atoms with Crippen LogP contribution < -0.4 is 10.6 Å². The number of anilines is 2. The molecule has 1 saturated carbocycles. The largest absolute Gasteiger partial charge is 0.382 e. The molecule has 0 unspecified atom stereocenters. The van der Waals surface area contributed by atoms with Gasteiger partial charge < -0.3 is 15.5 Å². The van der Waals surface area contributed by atoms with Crippen LogP contribution in [0.5, 0.6) is 0 Å². The monoisotopic (exact) mass is 296 g/mol. The van der Waals surface area contributed by atoms with Gasteiger partial charge in [-0.15, -0.1) is 0 Å². The van der Waals surface area contributed by atoms with Crippen LogP contribution in [-0.4, -0.2) is 42.5 Å². The molecule has 1 aliphatic carbocycles. The van der Waals surface area contributed by atoms with Crippen LogP contribution in [0.25, 0.3) is 0 Å². The number of nitrogens with zero attached hydrogens (tertiary/aromatic N) is 3. The molecule has 1 aromatic heterocycles.